The zero-order valence-corrected chi connectivity index (χ0v) is 13.2. The van der Waals surface area contributed by atoms with Gasteiger partial charge in [-0.2, -0.15) is 0 Å². The molecule has 3 saturated carbocycles. The summed E-state index contributed by atoms with van der Waals surface area (Å²) >= 11 is 0. The van der Waals surface area contributed by atoms with Gasteiger partial charge in [0.2, 0.25) is 0 Å². The van der Waals surface area contributed by atoms with Crippen molar-refractivity contribution in [3.8, 4) is 0 Å². The molecule has 0 aliphatic heterocycles. The summed E-state index contributed by atoms with van der Waals surface area (Å²) in [7, 11) is 0. The van der Waals surface area contributed by atoms with Crippen LogP contribution in [0.15, 0.2) is 0 Å². The van der Waals surface area contributed by atoms with Crippen LogP contribution in [0, 0.1) is 34.5 Å². The van der Waals surface area contributed by atoms with E-state index < -0.39 is 0 Å². The minimum atomic E-state index is -0.212. The summed E-state index contributed by atoms with van der Waals surface area (Å²) in [5.41, 5.74) is 0.271. The van der Waals surface area contributed by atoms with Crippen molar-refractivity contribution < 1.29 is 14.3 Å². The minimum Gasteiger partial charge on any atom is -0.462 e. The highest BCUT2D eigenvalue weighted by atomic mass is 16.5. The van der Waals surface area contributed by atoms with E-state index in [4.69, 9.17) is 4.74 Å². The topological polar surface area (TPSA) is 43.4 Å². The summed E-state index contributed by atoms with van der Waals surface area (Å²) in [6.07, 6.45) is 2.54. The largest absolute Gasteiger partial charge is 0.462 e. The molecule has 0 aromatic carbocycles. The SMILES string of the molecule is CC(=O)O[C@@H]1CC[C@@H](C)[C@@]2(C)[C@@H]1CC(=O)[C@H]1[C@@H]2C1(C)C. The zero-order chi connectivity index (χ0) is 14.9. The number of rotatable bonds is 1. The molecule has 0 radical (unpaired) electrons. The van der Waals surface area contributed by atoms with Crippen LogP contribution < -0.4 is 0 Å². The van der Waals surface area contributed by atoms with E-state index in [2.05, 4.69) is 27.7 Å². The number of esters is 1. The molecule has 3 heteroatoms. The van der Waals surface area contributed by atoms with Gasteiger partial charge < -0.3 is 4.74 Å². The third kappa shape index (κ3) is 1.64. The van der Waals surface area contributed by atoms with E-state index in [-0.39, 0.29) is 34.7 Å². The van der Waals surface area contributed by atoms with Crippen molar-refractivity contribution in [1.82, 2.24) is 0 Å². The van der Waals surface area contributed by atoms with Gasteiger partial charge in [-0.1, -0.05) is 27.7 Å². The second kappa shape index (κ2) is 4.08. The van der Waals surface area contributed by atoms with Crippen LogP contribution in [0.3, 0.4) is 0 Å². The molecule has 0 aromatic heterocycles. The Kier molecular flexibility index (Phi) is 2.88. The molecule has 0 spiro atoms. The highest BCUT2D eigenvalue weighted by Gasteiger charge is 2.74. The van der Waals surface area contributed by atoms with Crippen LogP contribution in [-0.4, -0.2) is 17.9 Å². The van der Waals surface area contributed by atoms with E-state index in [0.29, 0.717) is 24.0 Å². The molecule has 3 nitrogen and oxygen atoms in total. The van der Waals surface area contributed by atoms with Crippen molar-refractivity contribution in [3.63, 3.8) is 0 Å². The highest BCUT2D eigenvalue weighted by molar-refractivity contribution is 5.87. The maximum Gasteiger partial charge on any atom is 0.302 e. The molecule has 3 aliphatic carbocycles. The first kappa shape index (κ1) is 14.1. The Morgan fingerprint density at radius 1 is 1.25 bits per heavy atom. The van der Waals surface area contributed by atoms with Gasteiger partial charge in [-0.05, 0) is 35.5 Å². The molecule has 0 unspecified atom stereocenters. The molecule has 6 atom stereocenters. The standard InChI is InChI=1S/C17H26O3/c1-9-6-7-13(20-10(2)18)11-8-12(19)14-15(16(14,3)4)17(9,11)5/h9,11,13-15H,6-8H2,1-5H3/t9-,11-,13-,14+,15-,17+/m1/s1. The molecular formula is C17H26O3. The lowest BCUT2D eigenvalue weighted by atomic mass is 9.54. The van der Waals surface area contributed by atoms with Crippen molar-refractivity contribution in [2.24, 2.45) is 34.5 Å². The maximum absolute atomic E-state index is 12.4. The van der Waals surface area contributed by atoms with Crippen LogP contribution in [0.5, 0.6) is 0 Å². The number of Topliss-reactive ketones (excluding diaryl/α,β-unsaturated/α-hetero) is 1. The number of carbonyl (C=O) groups excluding carboxylic acids is 2. The molecule has 0 aromatic rings. The van der Waals surface area contributed by atoms with E-state index >= 15 is 0 Å². The fraction of sp³-hybridized carbons (Fsp3) is 0.882. The summed E-state index contributed by atoms with van der Waals surface area (Å²) in [5.74, 6) is 1.70. The maximum atomic E-state index is 12.4. The van der Waals surface area contributed by atoms with Crippen LogP contribution >= 0.6 is 0 Å². The van der Waals surface area contributed by atoms with Gasteiger partial charge >= 0.3 is 5.97 Å². The minimum absolute atomic E-state index is 0.0602. The number of hydrogen-bond donors (Lipinski definition) is 0. The first-order valence-electron chi connectivity index (χ1n) is 7.90. The summed E-state index contributed by atoms with van der Waals surface area (Å²) in [4.78, 5) is 23.8. The van der Waals surface area contributed by atoms with Crippen LogP contribution in [0.2, 0.25) is 0 Å². The molecule has 3 aliphatic rings. The van der Waals surface area contributed by atoms with Gasteiger partial charge in [-0.15, -0.1) is 0 Å². The van der Waals surface area contributed by atoms with Crippen LogP contribution in [0.25, 0.3) is 0 Å². The normalized spacial score (nSPS) is 49.0. The van der Waals surface area contributed by atoms with Gasteiger partial charge in [-0.3, -0.25) is 9.59 Å². The zero-order valence-electron chi connectivity index (χ0n) is 13.2. The second-order valence-corrected chi connectivity index (χ2v) is 8.05. The Hall–Kier alpha value is -0.860. The summed E-state index contributed by atoms with van der Waals surface area (Å²) in [5, 5.41) is 0. The number of ether oxygens (including phenoxy) is 1. The molecule has 0 bridgehead atoms. The summed E-state index contributed by atoms with van der Waals surface area (Å²) in [6, 6.07) is 0. The Balaban J connectivity index is 1.96. The Labute approximate surface area is 121 Å². The number of carbonyl (C=O) groups is 2. The number of ketones is 1. The van der Waals surface area contributed by atoms with Crippen molar-refractivity contribution >= 4 is 11.8 Å². The van der Waals surface area contributed by atoms with Crippen molar-refractivity contribution in [1.29, 1.82) is 0 Å². The summed E-state index contributed by atoms with van der Waals surface area (Å²) < 4.78 is 5.57. The predicted molar refractivity (Wildman–Crippen MR) is 75.9 cm³/mol. The lowest BCUT2D eigenvalue weighted by Crippen LogP contribution is -2.51. The number of hydrogen-bond acceptors (Lipinski definition) is 3. The first-order chi connectivity index (χ1) is 9.20. The Bertz CT molecular complexity index is 467. The van der Waals surface area contributed by atoms with Gasteiger partial charge in [0.25, 0.3) is 0 Å². The first-order valence-corrected chi connectivity index (χ1v) is 7.90. The average molecular weight is 278 g/mol. The quantitative estimate of drug-likeness (QED) is 0.692. The van der Waals surface area contributed by atoms with E-state index in [0.717, 1.165) is 12.8 Å². The molecule has 3 rings (SSSR count). The van der Waals surface area contributed by atoms with Crippen LogP contribution in [-0.2, 0) is 14.3 Å². The lowest BCUT2D eigenvalue weighted by Gasteiger charge is -2.52. The molecule has 3 fully saturated rings. The van der Waals surface area contributed by atoms with E-state index in [1.54, 1.807) is 0 Å². The number of fused-ring (bicyclic) bond motifs is 3. The monoisotopic (exact) mass is 278 g/mol. The average Bonchev–Trinajstić information content (AvgIpc) is 2.92. The van der Waals surface area contributed by atoms with Crippen LogP contribution in [0.1, 0.15) is 53.9 Å². The third-order valence-electron chi connectivity index (χ3n) is 6.78. The second-order valence-electron chi connectivity index (χ2n) is 8.05. The van der Waals surface area contributed by atoms with E-state index in [1.807, 2.05) is 0 Å². The van der Waals surface area contributed by atoms with Gasteiger partial charge in [0.15, 0.2) is 0 Å². The predicted octanol–water partition coefficient (Wildman–Crippen LogP) is 3.22. The van der Waals surface area contributed by atoms with Crippen molar-refractivity contribution in [3.05, 3.63) is 0 Å². The van der Waals surface area contributed by atoms with E-state index in [1.165, 1.54) is 6.92 Å². The third-order valence-corrected chi connectivity index (χ3v) is 6.78. The highest BCUT2D eigenvalue weighted by Crippen LogP contribution is 2.74. The van der Waals surface area contributed by atoms with Gasteiger partial charge in [0.1, 0.15) is 11.9 Å². The molecule has 0 N–H and O–H groups in total. The fourth-order valence-electron chi connectivity index (χ4n) is 5.68. The smallest absolute Gasteiger partial charge is 0.302 e. The molecule has 0 amide bonds. The molecule has 0 heterocycles. The van der Waals surface area contributed by atoms with Crippen molar-refractivity contribution in [2.75, 3.05) is 0 Å². The Morgan fingerprint density at radius 2 is 1.90 bits per heavy atom. The Morgan fingerprint density at radius 3 is 2.50 bits per heavy atom. The van der Waals surface area contributed by atoms with Gasteiger partial charge in [0.05, 0.1) is 0 Å². The van der Waals surface area contributed by atoms with Crippen molar-refractivity contribution in [2.45, 2.75) is 60.0 Å². The molecule has 0 saturated heterocycles. The van der Waals surface area contributed by atoms with Crippen LogP contribution in [0.4, 0.5) is 0 Å². The molecule has 112 valence electrons. The molecule has 20 heavy (non-hydrogen) atoms. The van der Waals surface area contributed by atoms with E-state index in [9.17, 15) is 9.59 Å². The van der Waals surface area contributed by atoms with Gasteiger partial charge in [0, 0.05) is 25.2 Å². The molecular weight excluding hydrogens is 252 g/mol. The fourth-order valence-corrected chi connectivity index (χ4v) is 5.68. The van der Waals surface area contributed by atoms with Gasteiger partial charge in [-0.25, -0.2) is 0 Å². The summed E-state index contributed by atoms with van der Waals surface area (Å²) in [6.45, 7) is 10.6. The lowest BCUT2D eigenvalue weighted by molar-refractivity contribution is -0.166.